The first-order valence-electron chi connectivity index (χ1n) is 6.76. The molecule has 1 saturated carbocycles. The van der Waals surface area contributed by atoms with E-state index >= 15 is 0 Å². The Balaban J connectivity index is 0.00000220. The van der Waals surface area contributed by atoms with Gasteiger partial charge >= 0.3 is 0 Å². The Kier molecular flexibility index (Phi) is 8.75. The fourth-order valence-electron chi connectivity index (χ4n) is 2.34. The van der Waals surface area contributed by atoms with E-state index < -0.39 is 24.9 Å². The molecule has 0 aromatic carbocycles. The average molecular weight is 376 g/mol. The zero-order valence-electron chi connectivity index (χ0n) is 12.2. The quantitative estimate of drug-likeness (QED) is 0.829. The van der Waals surface area contributed by atoms with Crippen LogP contribution in [0.5, 0.6) is 0 Å². The van der Waals surface area contributed by atoms with E-state index in [1.807, 2.05) is 0 Å². The van der Waals surface area contributed by atoms with E-state index in [1.165, 1.54) is 24.2 Å². The molecule has 0 saturated heterocycles. The van der Waals surface area contributed by atoms with E-state index in [0.29, 0.717) is 16.5 Å². The van der Waals surface area contributed by atoms with Crippen LogP contribution >= 0.6 is 36.2 Å². The summed E-state index contributed by atoms with van der Waals surface area (Å²) < 4.78 is 26.1. The number of thiazole rings is 1. The largest absolute Gasteiger partial charge is 0.345 e. The minimum atomic E-state index is -3.07. The maximum absolute atomic E-state index is 13.0. The van der Waals surface area contributed by atoms with Crippen LogP contribution in [0.15, 0.2) is 0 Å². The molecule has 0 atom stereocenters. The number of halogens is 4. The van der Waals surface area contributed by atoms with Gasteiger partial charge in [0.1, 0.15) is 4.88 Å². The molecule has 1 fully saturated rings. The number of aromatic nitrogens is 1. The number of carbonyl (C=O) groups is 1. The van der Waals surface area contributed by atoms with E-state index in [9.17, 15) is 13.6 Å². The molecule has 1 aliphatic carbocycles. The molecule has 4 nitrogen and oxygen atoms in total. The van der Waals surface area contributed by atoms with Gasteiger partial charge in [0.05, 0.1) is 23.8 Å². The number of hydrogen-bond donors (Lipinski definition) is 2. The third-order valence-electron chi connectivity index (χ3n) is 3.53. The zero-order chi connectivity index (χ0) is 14.8. The van der Waals surface area contributed by atoms with E-state index in [-0.39, 0.29) is 24.8 Å². The molecular formula is C13H21Cl2F2N3OS. The van der Waals surface area contributed by atoms with Crippen LogP contribution in [0.25, 0.3) is 0 Å². The highest BCUT2D eigenvalue weighted by Crippen LogP contribution is 2.37. The van der Waals surface area contributed by atoms with Gasteiger partial charge in [-0.1, -0.05) is 12.8 Å². The van der Waals surface area contributed by atoms with Crippen LogP contribution < -0.4 is 11.1 Å². The Morgan fingerprint density at radius 2 is 2.00 bits per heavy atom. The Bertz CT molecular complexity index is 494. The highest BCUT2D eigenvalue weighted by atomic mass is 35.5. The number of aryl methyl sites for hydroxylation is 1. The standard InChI is InChI=1S/C13H19F2N3OS.2ClH/c1-8-10(11(19)17-7-13(14,15)6-16)20-12(18-8)9-4-2-3-5-9;;/h9H,2-7,16H2,1H3,(H,17,19);2*1H. The smallest absolute Gasteiger partial charge is 0.277 e. The van der Waals surface area contributed by atoms with Gasteiger partial charge in [-0.2, -0.15) is 0 Å². The molecule has 0 radical (unpaired) electrons. The Morgan fingerprint density at radius 3 is 2.55 bits per heavy atom. The van der Waals surface area contributed by atoms with E-state index in [0.717, 1.165) is 17.8 Å². The number of carbonyl (C=O) groups excluding carboxylic acids is 1. The van der Waals surface area contributed by atoms with Gasteiger partial charge in [-0.15, -0.1) is 36.2 Å². The fraction of sp³-hybridized carbons (Fsp3) is 0.692. The van der Waals surface area contributed by atoms with Gasteiger partial charge in [0.2, 0.25) is 0 Å². The van der Waals surface area contributed by atoms with Crippen molar-refractivity contribution in [2.24, 2.45) is 5.73 Å². The summed E-state index contributed by atoms with van der Waals surface area (Å²) >= 11 is 1.32. The first kappa shape index (κ1) is 21.5. The number of amides is 1. The van der Waals surface area contributed by atoms with Gasteiger partial charge in [-0.25, -0.2) is 13.8 Å². The van der Waals surface area contributed by atoms with Crippen LogP contribution in [0.4, 0.5) is 8.78 Å². The fourth-order valence-corrected chi connectivity index (χ4v) is 3.49. The van der Waals surface area contributed by atoms with Crippen molar-refractivity contribution in [3.63, 3.8) is 0 Å². The van der Waals surface area contributed by atoms with Crippen molar-refractivity contribution in [1.82, 2.24) is 10.3 Å². The van der Waals surface area contributed by atoms with Crippen LogP contribution in [-0.4, -0.2) is 29.9 Å². The van der Waals surface area contributed by atoms with Gasteiger partial charge in [-0.3, -0.25) is 4.79 Å². The molecule has 1 amide bonds. The highest BCUT2D eigenvalue weighted by molar-refractivity contribution is 7.13. The zero-order valence-corrected chi connectivity index (χ0v) is 14.7. The number of hydrogen-bond acceptors (Lipinski definition) is 4. The van der Waals surface area contributed by atoms with Crippen LogP contribution in [0.2, 0.25) is 0 Å². The summed E-state index contributed by atoms with van der Waals surface area (Å²) in [5.74, 6) is -3.13. The first-order valence-corrected chi connectivity index (χ1v) is 7.58. The predicted octanol–water partition coefficient (Wildman–Crippen LogP) is 3.28. The van der Waals surface area contributed by atoms with Crippen molar-refractivity contribution in [2.45, 2.75) is 44.4 Å². The summed E-state index contributed by atoms with van der Waals surface area (Å²) in [6.07, 6.45) is 4.57. The van der Waals surface area contributed by atoms with Crippen molar-refractivity contribution < 1.29 is 13.6 Å². The van der Waals surface area contributed by atoms with E-state index in [4.69, 9.17) is 5.73 Å². The summed E-state index contributed by atoms with van der Waals surface area (Å²) in [7, 11) is 0. The molecule has 128 valence electrons. The molecule has 2 rings (SSSR count). The molecule has 0 bridgehead atoms. The van der Waals surface area contributed by atoms with Crippen molar-refractivity contribution in [3.05, 3.63) is 15.6 Å². The minimum Gasteiger partial charge on any atom is -0.345 e. The van der Waals surface area contributed by atoms with Gasteiger partial charge in [0.25, 0.3) is 11.8 Å². The maximum Gasteiger partial charge on any atom is 0.277 e. The highest BCUT2D eigenvalue weighted by Gasteiger charge is 2.29. The SMILES string of the molecule is Cc1nc(C2CCCC2)sc1C(=O)NCC(F)(F)CN.Cl.Cl. The summed E-state index contributed by atoms with van der Waals surface area (Å²) in [5, 5.41) is 3.19. The van der Waals surface area contributed by atoms with Crippen LogP contribution in [0, 0.1) is 6.92 Å². The molecule has 0 aliphatic heterocycles. The molecule has 1 aromatic heterocycles. The molecular weight excluding hydrogens is 355 g/mol. The molecule has 22 heavy (non-hydrogen) atoms. The number of alkyl halides is 2. The van der Waals surface area contributed by atoms with Gasteiger partial charge in [-0.05, 0) is 19.8 Å². The molecule has 1 aliphatic rings. The first-order chi connectivity index (χ1) is 9.43. The maximum atomic E-state index is 13.0. The number of nitrogens with zero attached hydrogens (tertiary/aromatic N) is 1. The number of rotatable bonds is 5. The van der Waals surface area contributed by atoms with Crippen LogP contribution in [-0.2, 0) is 0 Å². The predicted molar refractivity (Wildman–Crippen MR) is 88.9 cm³/mol. The lowest BCUT2D eigenvalue weighted by atomic mass is 10.1. The molecule has 1 heterocycles. The molecule has 1 aromatic rings. The summed E-state index contributed by atoms with van der Waals surface area (Å²) in [4.78, 5) is 16.8. The van der Waals surface area contributed by atoms with Gasteiger partial charge in [0, 0.05) is 5.92 Å². The van der Waals surface area contributed by atoms with Gasteiger partial charge < -0.3 is 11.1 Å². The second-order valence-electron chi connectivity index (χ2n) is 5.19. The third kappa shape index (κ3) is 5.30. The lowest BCUT2D eigenvalue weighted by molar-refractivity contribution is 0.0119. The Hall–Kier alpha value is -0.500. The van der Waals surface area contributed by atoms with E-state index in [1.54, 1.807) is 6.92 Å². The molecule has 0 spiro atoms. The van der Waals surface area contributed by atoms with E-state index in [2.05, 4.69) is 10.3 Å². The van der Waals surface area contributed by atoms with Crippen molar-refractivity contribution >= 4 is 42.1 Å². The lowest BCUT2D eigenvalue weighted by Crippen LogP contribution is -2.41. The third-order valence-corrected chi connectivity index (χ3v) is 4.85. The monoisotopic (exact) mass is 375 g/mol. The molecule has 3 N–H and O–H groups in total. The number of nitrogens with two attached hydrogens (primary N) is 1. The Labute approximate surface area is 145 Å². The summed E-state index contributed by atoms with van der Waals surface area (Å²) in [6, 6.07) is 0. The summed E-state index contributed by atoms with van der Waals surface area (Å²) in [5.41, 5.74) is 5.55. The molecule has 9 heteroatoms. The molecule has 0 unspecified atom stereocenters. The van der Waals surface area contributed by atoms with Crippen LogP contribution in [0.3, 0.4) is 0 Å². The van der Waals surface area contributed by atoms with Crippen molar-refractivity contribution in [3.8, 4) is 0 Å². The topological polar surface area (TPSA) is 68.0 Å². The lowest BCUT2D eigenvalue weighted by Gasteiger charge is -2.14. The second-order valence-corrected chi connectivity index (χ2v) is 6.22. The Morgan fingerprint density at radius 1 is 1.41 bits per heavy atom. The number of nitrogens with one attached hydrogen (secondary N) is 1. The average Bonchev–Trinajstić information content (AvgIpc) is 3.05. The van der Waals surface area contributed by atoms with Crippen molar-refractivity contribution in [1.29, 1.82) is 0 Å². The van der Waals surface area contributed by atoms with Crippen molar-refractivity contribution in [2.75, 3.05) is 13.1 Å². The second kappa shape index (κ2) is 8.96. The normalized spacial score (nSPS) is 15.1. The summed E-state index contributed by atoms with van der Waals surface area (Å²) in [6.45, 7) is 0.228. The minimum absolute atomic E-state index is 0. The van der Waals surface area contributed by atoms with Gasteiger partial charge in [0.15, 0.2) is 0 Å². The van der Waals surface area contributed by atoms with Crippen LogP contribution in [0.1, 0.15) is 52.0 Å².